The van der Waals surface area contributed by atoms with Gasteiger partial charge in [-0.25, -0.2) is 13.8 Å². The summed E-state index contributed by atoms with van der Waals surface area (Å²) in [6.07, 6.45) is 2.78. The third-order valence-electron chi connectivity index (χ3n) is 5.54. The zero-order chi connectivity index (χ0) is 21.4. The highest BCUT2D eigenvalue weighted by molar-refractivity contribution is 6.06. The summed E-state index contributed by atoms with van der Waals surface area (Å²) in [6, 6.07) is 16.1. The van der Waals surface area contributed by atoms with Crippen LogP contribution in [0, 0.1) is 11.6 Å². The number of aromatic nitrogens is 2. The molecule has 0 bridgehead atoms. The lowest BCUT2D eigenvalue weighted by atomic mass is 10.2. The van der Waals surface area contributed by atoms with Crippen LogP contribution in [0.2, 0.25) is 0 Å². The van der Waals surface area contributed by atoms with Crippen LogP contribution < -0.4 is 10.2 Å². The van der Waals surface area contributed by atoms with Gasteiger partial charge in [0.05, 0.1) is 17.4 Å². The SMILES string of the molecule is O=C(Nc1ccc(N2CCC2)nc1)c1cc2c(F)cccc2n1Cc1cccc(F)c1. The Hall–Kier alpha value is -3.74. The van der Waals surface area contributed by atoms with Crippen LogP contribution in [0.1, 0.15) is 22.5 Å². The summed E-state index contributed by atoms with van der Waals surface area (Å²) in [4.78, 5) is 19.7. The van der Waals surface area contributed by atoms with E-state index in [2.05, 4.69) is 15.2 Å². The van der Waals surface area contributed by atoms with Crippen LogP contribution in [0.15, 0.2) is 66.9 Å². The van der Waals surface area contributed by atoms with Gasteiger partial charge in [-0.2, -0.15) is 0 Å². The average Bonchev–Trinajstić information content (AvgIpc) is 3.08. The van der Waals surface area contributed by atoms with Gasteiger partial charge in [0.25, 0.3) is 5.91 Å². The van der Waals surface area contributed by atoms with Crippen LogP contribution in [0.4, 0.5) is 20.3 Å². The quantitative estimate of drug-likeness (QED) is 0.505. The Morgan fingerprint density at radius 3 is 2.58 bits per heavy atom. The van der Waals surface area contributed by atoms with Crippen molar-refractivity contribution in [3.63, 3.8) is 0 Å². The van der Waals surface area contributed by atoms with Crippen LogP contribution >= 0.6 is 0 Å². The van der Waals surface area contributed by atoms with Crippen LogP contribution in [0.3, 0.4) is 0 Å². The highest BCUT2D eigenvalue weighted by Gasteiger charge is 2.19. The Morgan fingerprint density at radius 1 is 1.03 bits per heavy atom. The van der Waals surface area contributed by atoms with Gasteiger partial charge in [0.15, 0.2) is 0 Å². The minimum Gasteiger partial charge on any atom is -0.356 e. The molecule has 1 N–H and O–H groups in total. The van der Waals surface area contributed by atoms with Crippen molar-refractivity contribution in [2.75, 3.05) is 23.3 Å². The second kappa shape index (κ2) is 7.83. The number of rotatable bonds is 5. The molecule has 2 aromatic heterocycles. The first-order chi connectivity index (χ1) is 15.1. The van der Waals surface area contributed by atoms with E-state index in [-0.39, 0.29) is 24.0 Å². The number of pyridine rings is 1. The number of halogens is 2. The zero-order valence-electron chi connectivity index (χ0n) is 16.7. The predicted molar refractivity (Wildman–Crippen MR) is 116 cm³/mol. The van der Waals surface area contributed by atoms with Crippen molar-refractivity contribution in [1.82, 2.24) is 9.55 Å². The first-order valence-electron chi connectivity index (χ1n) is 10.1. The van der Waals surface area contributed by atoms with Crippen LogP contribution in [-0.2, 0) is 6.54 Å². The molecule has 31 heavy (non-hydrogen) atoms. The number of benzene rings is 2. The number of amides is 1. The molecule has 0 radical (unpaired) electrons. The fourth-order valence-electron chi connectivity index (χ4n) is 3.81. The molecule has 1 amide bonds. The van der Waals surface area contributed by atoms with E-state index in [1.54, 1.807) is 41.1 Å². The maximum Gasteiger partial charge on any atom is 0.272 e. The summed E-state index contributed by atoms with van der Waals surface area (Å²) >= 11 is 0. The number of anilines is 2. The zero-order valence-corrected chi connectivity index (χ0v) is 16.7. The van der Waals surface area contributed by atoms with Crippen molar-refractivity contribution in [1.29, 1.82) is 0 Å². The van der Waals surface area contributed by atoms with E-state index >= 15 is 0 Å². The second-order valence-electron chi connectivity index (χ2n) is 7.62. The van der Waals surface area contributed by atoms with Gasteiger partial charge in [-0.3, -0.25) is 4.79 Å². The van der Waals surface area contributed by atoms with Gasteiger partial charge in [0.2, 0.25) is 0 Å². The molecule has 0 aliphatic carbocycles. The molecule has 4 aromatic rings. The first-order valence-corrected chi connectivity index (χ1v) is 10.1. The molecule has 3 heterocycles. The molecule has 0 spiro atoms. The van der Waals surface area contributed by atoms with Gasteiger partial charge in [0, 0.05) is 25.0 Å². The van der Waals surface area contributed by atoms with Crippen LogP contribution in [0.5, 0.6) is 0 Å². The third-order valence-corrected chi connectivity index (χ3v) is 5.54. The van der Waals surface area contributed by atoms with Crippen molar-refractivity contribution in [3.05, 3.63) is 89.8 Å². The van der Waals surface area contributed by atoms with E-state index in [9.17, 15) is 13.6 Å². The van der Waals surface area contributed by atoms with Crippen molar-refractivity contribution < 1.29 is 13.6 Å². The van der Waals surface area contributed by atoms with E-state index in [1.165, 1.54) is 24.3 Å². The van der Waals surface area contributed by atoms with Gasteiger partial charge in [-0.1, -0.05) is 18.2 Å². The van der Waals surface area contributed by atoms with E-state index < -0.39 is 5.82 Å². The van der Waals surface area contributed by atoms with Crippen molar-refractivity contribution in [2.24, 2.45) is 0 Å². The highest BCUT2D eigenvalue weighted by Crippen LogP contribution is 2.25. The third kappa shape index (κ3) is 3.74. The molecule has 2 aromatic carbocycles. The van der Waals surface area contributed by atoms with Crippen molar-refractivity contribution in [2.45, 2.75) is 13.0 Å². The number of carbonyl (C=O) groups excluding carboxylic acids is 1. The number of hydrogen-bond acceptors (Lipinski definition) is 3. The molecule has 5 rings (SSSR count). The summed E-state index contributed by atoms with van der Waals surface area (Å²) in [6.45, 7) is 2.22. The fraction of sp³-hybridized carbons (Fsp3) is 0.167. The predicted octanol–water partition coefficient (Wildman–Crippen LogP) is 4.83. The smallest absolute Gasteiger partial charge is 0.272 e. The van der Waals surface area contributed by atoms with Gasteiger partial charge in [-0.05, 0) is 54.4 Å². The Kier molecular flexibility index (Phi) is 4.86. The van der Waals surface area contributed by atoms with Crippen molar-refractivity contribution in [3.8, 4) is 0 Å². The number of nitrogens with one attached hydrogen (secondary N) is 1. The van der Waals surface area contributed by atoms with E-state index in [0.717, 1.165) is 25.3 Å². The molecule has 1 saturated heterocycles. The molecule has 1 fully saturated rings. The Labute approximate surface area is 177 Å². The molecular formula is C24H20F2N4O. The van der Waals surface area contributed by atoms with Crippen LogP contribution in [-0.4, -0.2) is 28.5 Å². The highest BCUT2D eigenvalue weighted by atomic mass is 19.1. The lowest BCUT2D eigenvalue weighted by molar-refractivity contribution is 0.101. The summed E-state index contributed by atoms with van der Waals surface area (Å²) < 4.78 is 29.8. The van der Waals surface area contributed by atoms with E-state index in [0.29, 0.717) is 22.2 Å². The summed E-state index contributed by atoms with van der Waals surface area (Å²) in [5.74, 6) is -0.276. The van der Waals surface area contributed by atoms with Gasteiger partial charge < -0.3 is 14.8 Å². The molecule has 1 aliphatic heterocycles. The van der Waals surface area contributed by atoms with Gasteiger partial charge in [-0.15, -0.1) is 0 Å². The summed E-state index contributed by atoms with van der Waals surface area (Å²) in [7, 11) is 0. The second-order valence-corrected chi connectivity index (χ2v) is 7.62. The van der Waals surface area contributed by atoms with E-state index in [4.69, 9.17) is 0 Å². The lowest BCUT2D eigenvalue weighted by Gasteiger charge is -2.31. The lowest BCUT2D eigenvalue weighted by Crippen LogP contribution is -2.37. The Bertz CT molecular complexity index is 1260. The maximum absolute atomic E-state index is 14.4. The van der Waals surface area contributed by atoms with E-state index in [1.807, 2.05) is 6.07 Å². The topological polar surface area (TPSA) is 50.2 Å². The van der Waals surface area contributed by atoms with Crippen molar-refractivity contribution >= 4 is 28.3 Å². The molecule has 1 aliphatic rings. The molecule has 0 unspecified atom stereocenters. The minimum atomic E-state index is -0.412. The normalized spacial score (nSPS) is 13.3. The maximum atomic E-state index is 14.4. The molecule has 7 heteroatoms. The molecule has 5 nitrogen and oxygen atoms in total. The number of fused-ring (bicyclic) bond motifs is 1. The monoisotopic (exact) mass is 418 g/mol. The number of nitrogens with zero attached hydrogens (tertiary/aromatic N) is 3. The Balaban J connectivity index is 1.47. The van der Waals surface area contributed by atoms with Gasteiger partial charge >= 0.3 is 0 Å². The molecule has 0 atom stereocenters. The largest absolute Gasteiger partial charge is 0.356 e. The minimum absolute atomic E-state index is 0.236. The standard InChI is InChI=1S/C24H20F2N4O/c25-17-5-1-4-16(12-17)15-30-21-7-2-6-20(26)19(21)13-22(30)24(31)28-18-8-9-23(27-14-18)29-10-3-11-29/h1-2,4-9,12-14H,3,10-11,15H2,(H,28,31). The Morgan fingerprint density at radius 2 is 1.87 bits per heavy atom. The van der Waals surface area contributed by atoms with Gasteiger partial charge in [0.1, 0.15) is 23.1 Å². The number of hydrogen-bond donors (Lipinski definition) is 1. The number of carbonyl (C=O) groups is 1. The summed E-state index contributed by atoms with van der Waals surface area (Å²) in [5.41, 5.74) is 2.09. The molecular weight excluding hydrogens is 398 g/mol. The molecule has 156 valence electrons. The first kappa shape index (κ1) is 19.2. The average molecular weight is 418 g/mol. The summed E-state index contributed by atoms with van der Waals surface area (Å²) in [5, 5.41) is 3.18. The van der Waals surface area contributed by atoms with Crippen LogP contribution in [0.25, 0.3) is 10.9 Å². The fourth-order valence-corrected chi connectivity index (χ4v) is 3.81. The molecule has 0 saturated carbocycles.